The molecule has 2 aromatic carbocycles. The highest BCUT2D eigenvalue weighted by Crippen LogP contribution is 2.25. The van der Waals surface area contributed by atoms with Crippen molar-refractivity contribution in [2.24, 2.45) is 5.92 Å². The summed E-state index contributed by atoms with van der Waals surface area (Å²) in [5.41, 5.74) is 0.905. The molecule has 0 bridgehead atoms. The number of aryl methyl sites for hydroxylation is 1. The molecule has 0 saturated heterocycles. The molecule has 0 aliphatic carbocycles. The number of carbonyl (C=O) groups is 1. The van der Waals surface area contributed by atoms with E-state index in [9.17, 15) is 14.0 Å². The molecule has 32 heavy (non-hydrogen) atoms. The summed E-state index contributed by atoms with van der Waals surface area (Å²) in [4.78, 5) is 25.5. The molecule has 2 heterocycles. The van der Waals surface area contributed by atoms with Crippen molar-refractivity contribution in [3.63, 3.8) is 0 Å². The lowest BCUT2D eigenvalue weighted by atomic mass is 10.1. The van der Waals surface area contributed by atoms with E-state index >= 15 is 0 Å². The van der Waals surface area contributed by atoms with Crippen molar-refractivity contribution in [1.29, 1.82) is 0 Å². The molecule has 4 rings (SSSR count). The standard InChI is InChI=1S/C22H21ClFN5O2S/c1-13(2)9-10-28-20(31)15-5-3-4-6-18(15)29-21(28)26-27-22(29)32-12-19(30)25-17-8-7-14(24)11-16(17)23/h3-8,11,13H,9-10,12H2,1-2H3,(H,25,30). The fraction of sp³-hybridized carbons (Fsp3) is 0.273. The lowest BCUT2D eigenvalue weighted by molar-refractivity contribution is -0.113. The number of nitrogens with one attached hydrogen (secondary N) is 1. The molecule has 7 nitrogen and oxygen atoms in total. The van der Waals surface area contributed by atoms with Crippen LogP contribution >= 0.6 is 23.4 Å². The third-order valence-electron chi connectivity index (χ3n) is 4.95. The average Bonchev–Trinajstić information content (AvgIpc) is 3.18. The Labute approximate surface area is 192 Å². The van der Waals surface area contributed by atoms with E-state index in [0.717, 1.165) is 12.5 Å². The van der Waals surface area contributed by atoms with Crippen LogP contribution in [0.5, 0.6) is 0 Å². The number of nitrogens with zero attached hydrogens (tertiary/aromatic N) is 4. The number of hydrogen-bond donors (Lipinski definition) is 1. The Bertz CT molecular complexity index is 1370. The van der Waals surface area contributed by atoms with Gasteiger partial charge in [0.15, 0.2) is 5.16 Å². The van der Waals surface area contributed by atoms with Gasteiger partial charge in [-0.3, -0.25) is 18.6 Å². The molecular formula is C22H21ClFN5O2S. The number of anilines is 1. The van der Waals surface area contributed by atoms with Crippen molar-refractivity contribution in [3.8, 4) is 0 Å². The molecule has 0 aliphatic rings. The lowest BCUT2D eigenvalue weighted by Gasteiger charge is -2.12. The van der Waals surface area contributed by atoms with Gasteiger partial charge in [-0.15, -0.1) is 10.2 Å². The van der Waals surface area contributed by atoms with E-state index in [2.05, 4.69) is 29.4 Å². The second kappa shape index (κ2) is 9.30. The van der Waals surface area contributed by atoms with Crippen LogP contribution in [0.3, 0.4) is 0 Å². The zero-order valence-corrected chi connectivity index (χ0v) is 19.1. The zero-order chi connectivity index (χ0) is 22.8. The molecule has 0 aliphatic heterocycles. The van der Waals surface area contributed by atoms with Crippen LogP contribution in [-0.2, 0) is 11.3 Å². The largest absolute Gasteiger partial charge is 0.324 e. The third kappa shape index (κ3) is 4.49. The number of benzene rings is 2. The number of fused-ring (bicyclic) bond motifs is 3. The normalized spacial score (nSPS) is 11.5. The fourth-order valence-electron chi connectivity index (χ4n) is 3.32. The maximum atomic E-state index is 13.2. The van der Waals surface area contributed by atoms with Crippen LogP contribution < -0.4 is 10.9 Å². The van der Waals surface area contributed by atoms with Crippen molar-refractivity contribution >= 4 is 51.6 Å². The van der Waals surface area contributed by atoms with E-state index in [4.69, 9.17) is 11.6 Å². The molecule has 0 spiro atoms. The summed E-state index contributed by atoms with van der Waals surface area (Å²) in [5.74, 6) is 0.102. The molecule has 0 radical (unpaired) electrons. The Morgan fingerprint density at radius 1 is 1.22 bits per heavy atom. The molecule has 0 fully saturated rings. The number of para-hydroxylation sites is 1. The minimum Gasteiger partial charge on any atom is -0.324 e. The summed E-state index contributed by atoms with van der Waals surface area (Å²) in [6.07, 6.45) is 0.823. The summed E-state index contributed by atoms with van der Waals surface area (Å²) in [5, 5.41) is 12.3. The van der Waals surface area contributed by atoms with E-state index in [1.807, 2.05) is 18.2 Å². The number of amides is 1. The monoisotopic (exact) mass is 473 g/mol. The number of rotatable bonds is 7. The van der Waals surface area contributed by atoms with Gasteiger partial charge in [-0.1, -0.05) is 49.3 Å². The molecule has 0 saturated carbocycles. The number of aromatic nitrogens is 4. The summed E-state index contributed by atoms with van der Waals surface area (Å²) in [6, 6.07) is 11.1. The van der Waals surface area contributed by atoms with Gasteiger partial charge >= 0.3 is 0 Å². The van der Waals surface area contributed by atoms with Crippen LogP contribution in [0.25, 0.3) is 16.7 Å². The first-order chi connectivity index (χ1) is 15.3. The van der Waals surface area contributed by atoms with Gasteiger partial charge in [0.05, 0.1) is 27.4 Å². The van der Waals surface area contributed by atoms with Gasteiger partial charge < -0.3 is 5.32 Å². The highest BCUT2D eigenvalue weighted by Gasteiger charge is 2.18. The van der Waals surface area contributed by atoms with Crippen molar-refractivity contribution in [3.05, 3.63) is 63.7 Å². The summed E-state index contributed by atoms with van der Waals surface area (Å²) < 4.78 is 16.7. The molecule has 10 heteroatoms. The molecule has 0 atom stereocenters. The first-order valence-electron chi connectivity index (χ1n) is 10.1. The topological polar surface area (TPSA) is 81.3 Å². The first kappa shape index (κ1) is 22.3. The maximum Gasteiger partial charge on any atom is 0.262 e. The van der Waals surface area contributed by atoms with Crippen LogP contribution in [0, 0.1) is 11.7 Å². The second-order valence-electron chi connectivity index (χ2n) is 7.74. The zero-order valence-electron chi connectivity index (χ0n) is 17.5. The van der Waals surface area contributed by atoms with Gasteiger partial charge in [-0.2, -0.15) is 0 Å². The number of hydrogen-bond acceptors (Lipinski definition) is 5. The third-order valence-corrected chi connectivity index (χ3v) is 6.19. The predicted molar refractivity (Wildman–Crippen MR) is 125 cm³/mol. The van der Waals surface area contributed by atoms with Crippen LogP contribution in [0.1, 0.15) is 20.3 Å². The Morgan fingerprint density at radius 3 is 2.75 bits per heavy atom. The molecule has 166 valence electrons. The van der Waals surface area contributed by atoms with Gasteiger partial charge in [0, 0.05) is 6.54 Å². The highest BCUT2D eigenvalue weighted by molar-refractivity contribution is 7.99. The van der Waals surface area contributed by atoms with Crippen LogP contribution in [0.4, 0.5) is 10.1 Å². The van der Waals surface area contributed by atoms with E-state index in [-0.39, 0.29) is 22.2 Å². The molecule has 4 aromatic rings. The van der Waals surface area contributed by atoms with Gasteiger partial charge in [-0.05, 0) is 42.7 Å². The highest BCUT2D eigenvalue weighted by atomic mass is 35.5. The number of carbonyl (C=O) groups excluding carboxylic acids is 1. The molecule has 1 N–H and O–H groups in total. The fourth-order valence-corrected chi connectivity index (χ4v) is 4.28. The van der Waals surface area contributed by atoms with Gasteiger partial charge in [-0.25, -0.2) is 4.39 Å². The summed E-state index contributed by atoms with van der Waals surface area (Å²) in [7, 11) is 0. The van der Waals surface area contributed by atoms with Crippen molar-refractivity contribution in [1.82, 2.24) is 19.2 Å². The second-order valence-corrected chi connectivity index (χ2v) is 9.09. The Hall–Kier alpha value is -2.91. The Kier molecular flexibility index (Phi) is 6.48. The van der Waals surface area contributed by atoms with E-state index in [0.29, 0.717) is 40.0 Å². The van der Waals surface area contributed by atoms with E-state index in [1.54, 1.807) is 15.0 Å². The van der Waals surface area contributed by atoms with E-state index < -0.39 is 5.82 Å². The minimum atomic E-state index is -0.479. The Morgan fingerprint density at radius 2 is 2.00 bits per heavy atom. The van der Waals surface area contributed by atoms with Crippen LogP contribution in [0.2, 0.25) is 5.02 Å². The maximum absolute atomic E-state index is 13.2. The van der Waals surface area contributed by atoms with Crippen molar-refractivity contribution < 1.29 is 9.18 Å². The van der Waals surface area contributed by atoms with Crippen LogP contribution in [0.15, 0.2) is 52.4 Å². The number of thioether (sulfide) groups is 1. The minimum absolute atomic E-state index is 0.0357. The molecule has 2 aromatic heterocycles. The molecule has 1 amide bonds. The average molecular weight is 474 g/mol. The number of halogens is 2. The quantitative estimate of drug-likeness (QED) is 0.396. The van der Waals surface area contributed by atoms with Crippen LogP contribution in [-0.4, -0.2) is 30.8 Å². The molecular weight excluding hydrogens is 453 g/mol. The SMILES string of the molecule is CC(C)CCn1c(=O)c2ccccc2n2c(SCC(=O)Nc3ccc(F)cc3Cl)nnc12. The van der Waals surface area contributed by atoms with Gasteiger partial charge in [0.25, 0.3) is 5.56 Å². The van der Waals surface area contributed by atoms with Gasteiger partial charge in [0.1, 0.15) is 5.82 Å². The van der Waals surface area contributed by atoms with Crippen molar-refractivity contribution in [2.45, 2.75) is 32.0 Å². The lowest BCUT2D eigenvalue weighted by Crippen LogP contribution is -2.24. The summed E-state index contributed by atoms with van der Waals surface area (Å²) in [6.45, 7) is 4.72. The first-order valence-corrected chi connectivity index (χ1v) is 11.5. The summed E-state index contributed by atoms with van der Waals surface area (Å²) >= 11 is 7.17. The predicted octanol–water partition coefficient (Wildman–Crippen LogP) is 4.61. The molecule has 0 unspecified atom stereocenters. The van der Waals surface area contributed by atoms with Crippen molar-refractivity contribution in [2.75, 3.05) is 11.1 Å². The van der Waals surface area contributed by atoms with Gasteiger partial charge in [0.2, 0.25) is 11.7 Å². The Balaban J connectivity index is 1.65. The van der Waals surface area contributed by atoms with E-state index in [1.165, 1.54) is 23.9 Å². The smallest absolute Gasteiger partial charge is 0.262 e.